The van der Waals surface area contributed by atoms with Crippen LogP contribution in [0.3, 0.4) is 0 Å². The predicted octanol–water partition coefficient (Wildman–Crippen LogP) is 2.35. The number of carbonyl (C=O) groups excluding carboxylic acids is 2. The number of hydrogen-bond donors (Lipinski definition) is 0. The molecule has 1 aliphatic rings. The van der Waals surface area contributed by atoms with Crippen molar-refractivity contribution in [3.63, 3.8) is 0 Å². The van der Waals surface area contributed by atoms with E-state index >= 15 is 0 Å². The molecule has 0 saturated carbocycles. The molecule has 0 N–H and O–H groups in total. The average molecular weight is 495 g/mol. The molecule has 2 aromatic rings. The van der Waals surface area contributed by atoms with Crippen molar-refractivity contribution in [3.05, 3.63) is 63.6 Å². The summed E-state index contributed by atoms with van der Waals surface area (Å²) in [6.07, 6.45) is -2.79. The Morgan fingerprint density at radius 2 is 1.74 bits per heavy atom. The first-order valence-electron chi connectivity index (χ1n) is 11.2. The number of alkyl halides is 3. The zero-order chi connectivity index (χ0) is 25.8. The maximum Gasteiger partial charge on any atom is 0.416 e. The zero-order valence-corrected chi connectivity index (χ0v) is 20.0. The van der Waals surface area contributed by atoms with Crippen LogP contribution in [0.4, 0.5) is 13.2 Å². The standard InChI is InChI=1S/C24H29F3N4O4/c1-28(2)21(32)17-14-20(22(33)29(3)8-5-9-30-10-12-35-13-11-30)23(34)31(16-17)19-7-4-6-18(15-19)24(25,26)27/h4,6-7,14-16H,5,8-13H2,1-3H3. The molecule has 1 aromatic carbocycles. The summed E-state index contributed by atoms with van der Waals surface area (Å²) in [6.45, 7) is 4.08. The largest absolute Gasteiger partial charge is 0.416 e. The third-order valence-corrected chi connectivity index (χ3v) is 5.77. The average Bonchev–Trinajstić information content (AvgIpc) is 2.83. The van der Waals surface area contributed by atoms with Crippen molar-refractivity contribution in [2.75, 3.05) is 60.5 Å². The van der Waals surface area contributed by atoms with E-state index in [1.807, 2.05) is 0 Å². The lowest BCUT2D eigenvalue weighted by Crippen LogP contribution is -2.39. The van der Waals surface area contributed by atoms with E-state index in [0.29, 0.717) is 26.2 Å². The van der Waals surface area contributed by atoms with E-state index in [-0.39, 0.29) is 16.8 Å². The molecule has 2 amide bonds. The van der Waals surface area contributed by atoms with Crippen LogP contribution < -0.4 is 5.56 Å². The van der Waals surface area contributed by atoms with E-state index < -0.39 is 29.1 Å². The highest BCUT2D eigenvalue weighted by Gasteiger charge is 2.31. The second-order valence-electron chi connectivity index (χ2n) is 8.60. The van der Waals surface area contributed by atoms with Crippen LogP contribution >= 0.6 is 0 Å². The minimum absolute atomic E-state index is 0.0112. The lowest BCUT2D eigenvalue weighted by Gasteiger charge is -2.27. The molecule has 0 radical (unpaired) electrons. The van der Waals surface area contributed by atoms with Crippen LogP contribution in [0.1, 0.15) is 32.7 Å². The van der Waals surface area contributed by atoms with Gasteiger partial charge in [-0.1, -0.05) is 6.07 Å². The maximum absolute atomic E-state index is 13.2. The molecule has 1 saturated heterocycles. The van der Waals surface area contributed by atoms with Crippen LogP contribution in [0.25, 0.3) is 5.69 Å². The number of aromatic nitrogens is 1. The molecule has 11 heteroatoms. The normalized spacial score (nSPS) is 14.6. The van der Waals surface area contributed by atoms with Crippen molar-refractivity contribution in [2.45, 2.75) is 12.6 Å². The van der Waals surface area contributed by atoms with Crippen LogP contribution in [-0.2, 0) is 10.9 Å². The number of carbonyl (C=O) groups is 2. The molecular weight excluding hydrogens is 465 g/mol. The summed E-state index contributed by atoms with van der Waals surface area (Å²) in [5.74, 6) is -1.10. The molecule has 2 heterocycles. The predicted molar refractivity (Wildman–Crippen MR) is 124 cm³/mol. The van der Waals surface area contributed by atoms with Gasteiger partial charge in [-0.05, 0) is 30.7 Å². The Balaban J connectivity index is 1.93. The molecule has 1 aromatic heterocycles. The van der Waals surface area contributed by atoms with Gasteiger partial charge in [0.15, 0.2) is 0 Å². The fourth-order valence-electron chi connectivity index (χ4n) is 3.80. The second kappa shape index (κ2) is 11.0. The second-order valence-corrected chi connectivity index (χ2v) is 8.60. The Morgan fingerprint density at radius 3 is 2.37 bits per heavy atom. The van der Waals surface area contributed by atoms with E-state index in [1.165, 1.54) is 42.1 Å². The lowest BCUT2D eigenvalue weighted by atomic mass is 10.1. The van der Waals surface area contributed by atoms with Gasteiger partial charge in [-0.2, -0.15) is 13.2 Å². The molecule has 0 bridgehead atoms. The molecule has 190 valence electrons. The van der Waals surface area contributed by atoms with Crippen LogP contribution in [0.5, 0.6) is 0 Å². The van der Waals surface area contributed by atoms with Gasteiger partial charge in [-0.15, -0.1) is 0 Å². The third kappa shape index (κ3) is 6.49. The number of benzene rings is 1. The summed E-state index contributed by atoms with van der Waals surface area (Å²) >= 11 is 0. The van der Waals surface area contributed by atoms with Crippen LogP contribution in [-0.4, -0.2) is 91.6 Å². The summed E-state index contributed by atoms with van der Waals surface area (Å²) in [7, 11) is 4.55. The molecule has 1 fully saturated rings. The zero-order valence-electron chi connectivity index (χ0n) is 20.0. The Kier molecular flexibility index (Phi) is 8.34. The molecule has 0 aliphatic carbocycles. The number of rotatable bonds is 7. The van der Waals surface area contributed by atoms with Crippen LogP contribution in [0.2, 0.25) is 0 Å². The van der Waals surface area contributed by atoms with Gasteiger partial charge >= 0.3 is 6.18 Å². The van der Waals surface area contributed by atoms with E-state index in [4.69, 9.17) is 4.74 Å². The van der Waals surface area contributed by atoms with Crippen LogP contribution in [0.15, 0.2) is 41.3 Å². The van der Waals surface area contributed by atoms with Gasteiger partial charge in [0.25, 0.3) is 17.4 Å². The van der Waals surface area contributed by atoms with Gasteiger partial charge in [-0.3, -0.25) is 23.9 Å². The highest BCUT2D eigenvalue weighted by atomic mass is 19.4. The Labute approximate surface area is 201 Å². The van der Waals surface area contributed by atoms with Gasteiger partial charge in [-0.25, -0.2) is 0 Å². The summed E-state index contributed by atoms with van der Waals surface area (Å²) in [5, 5.41) is 0. The highest BCUT2D eigenvalue weighted by Crippen LogP contribution is 2.30. The smallest absolute Gasteiger partial charge is 0.379 e. The summed E-state index contributed by atoms with van der Waals surface area (Å²) < 4.78 is 46.0. The number of halogens is 3. The summed E-state index contributed by atoms with van der Waals surface area (Å²) in [4.78, 5) is 43.9. The van der Waals surface area contributed by atoms with Crippen molar-refractivity contribution in [1.29, 1.82) is 0 Å². The number of ether oxygens (including phenoxy) is 1. The van der Waals surface area contributed by atoms with Gasteiger partial charge in [0, 0.05) is 59.2 Å². The van der Waals surface area contributed by atoms with E-state index in [1.54, 1.807) is 7.05 Å². The Hall–Kier alpha value is -3.18. The van der Waals surface area contributed by atoms with Crippen molar-refractivity contribution in [1.82, 2.24) is 19.3 Å². The number of morpholine rings is 1. The first-order chi connectivity index (χ1) is 16.5. The van der Waals surface area contributed by atoms with Crippen molar-refractivity contribution in [3.8, 4) is 5.69 Å². The van der Waals surface area contributed by atoms with Gasteiger partial charge < -0.3 is 14.5 Å². The third-order valence-electron chi connectivity index (χ3n) is 5.77. The molecular formula is C24H29F3N4O4. The molecule has 1 aliphatic heterocycles. The topological polar surface area (TPSA) is 75.1 Å². The summed E-state index contributed by atoms with van der Waals surface area (Å²) in [5.41, 5.74) is -2.12. The SMILES string of the molecule is CN(C)C(=O)c1cc(C(=O)N(C)CCCN2CCOCC2)c(=O)n(-c2cccc(C(F)(F)F)c2)c1. The number of nitrogens with zero attached hydrogens (tertiary/aromatic N) is 4. The minimum atomic E-state index is -4.62. The van der Waals surface area contributed by atoms with E-state index in [0.717, 1.165) is 42.5 Å². The molecule has 35 heavy (non-hydrogen) atoms. The van der Waals surface area contributed by atoms with Gasteiger partial charge in [0.2, 0.25) is 0 Å². The first-order valence-corrected chi connectivity index (χ1v) is 11.2. The lowest BCUT2D eigenvalue weighted by molar-refractivity contribution is -0.137. The molecule has 0 atom stereocenters. The van der Waals surface area contributed by atoms with Gasteiger partial charge in [0.05, 0.1) is 24.3 Å². The molecule has 3 rings (SSSR count). The van der Waals surface area contributed by atoms with Gasteiger partial charge in [0.1, 0.15) is 5.56 Å². The Morgan fingerprint density at radius 1 is 1.06 bits per heavy atom. The van der Waals surface area contributed by atoms with Crippen LogP contribution in [0, 0.1) is 0 Å². The molecule has 0 unspecified atom stereocenters. The maximum atomic E-state index is 13.2. The minimum Gasteiger partial charge on any atom is -0.379 e. The van der Waals surface area contributed by atoms with Crippen molar-refractivity contribution >= 4 is 11.8 Å². The van der Waals surface area contributed by atoms with E-state index in [2.05, 4.69) is 4.90 Å². The Bertz CT molecular complexity index is 1120. The van der Waals surface area contributed by atoms with E-state index in [9.17, 15) is 27.6 Å². The molecule has 0 spiro atoms. The number of amides is 2. The fourth-order valence-corrected chi connectivity index (χ4v) is 3.80. The quantitative estimate of drug-likeness (QED) is 0.591. The number of pyridine rings is 1. The highest BCUT2D eigenvalue weighted by molar-refractivity contribution is 5.99. The fraction of sp³-hybridized carbons (Fsp3) is 0.458. The number of hydrogen-bond acceptors (Lipinski definition) is 5. The monoisotopic (exact) mass is 494 g/mol. The summed E-state index contributed by atoms with van der Waals surface area (Å²) in [6, 6.07) is 5.39. The van der Waals surface area contributed by atoms with Crippen molar-refractivity contribution < 1.29 is 27.5 Å². The van der Waals surface area contributed by atoms with Crippen molar-refractivity contribution in [2.24, 2.45) is 0 Å². The first kappa shape index (κ1) is 26.4. The molecule has 8 nitrogen and oxygen atoms in total.